The van der Waals surface area contributed by atoms with Crippen LogP contribution in [0.4, 0.5) is 0 Å². The molecule has 0 atom stereocenters. The van der Waals surface area contributed by atoms with Crippen LogP contribution in [-0.2, 0) is 16.3 Å². The minimum atomic E-state index is 1.19. The summed E-state index contributed by atoms with van der Waals surface area (Å²) >= 11 is 5.73. The van der Waals surface area contributed by atoms with E-state index in [1.165, 1.54) is 27.7 Å². The van der Waals surface area contributed by atoms with E-state index in [1.807, 2.05) is 5.38 Å². The second kappa shape index (κ2) is 6.73. The summed E-state index contributed by atoms with van der Waals surface area (Å²) < 4.78 is 0. The molecule has 0 unspecified atom stereocenters. The van der Waals surface area contributed by atoms with Crippen LogP contribution in [-0.4, -0.2) is 4.98 Å². The van der Waals surface area contributed by atoms with E-state index in [9.17, 15) is 0 Å². The van der Waals surface area contributed by atoms with Gasteiger partial charge in [-0.2, -0.15) is 0 Å². The van der Waals surface area contributed by atoms with Crippen molar-refractivity contribution >= 4 is 25.0 Å². The third-order valence-electron chi connectivity index (χ3n) is 0.309. The summed E-state index contributed by atoms with van der Waals surface area (Å²) in [6.45, 7) is 0. The van der Waals surface area contributed by atoms with Gasteiger partial charge in [0.05, 0.1) is 0 Å². The molecule has 1 heterocycles. The van der Waals surface area contributed by atoms with Crippen molar-refractivity contribution in [3.05, 3.63) is 17.1 Å². The number of thiazole rings is 1. The van der Waals surface area contributed by atoms with Gasteiger partial charge in [0, 0.05) is 0 Å². The largest absolute Gasteiger partial charge is 0.394 e. The second-order valence-corrected chi connectivity index (χ2v) is 1.31. The number of hydrogen-bond acceptors (Lipinski definition) is 2. The van der Waals surface area contributed by atoms with Crippen LogP contribution in [0.1, 0.15) is 0 Å². The molecule has 4 heteroatoms. The van der Waals surface area contributed by atoms with E-state index < -0.39 is 0 Å². The quantitative estimate of drug-likeness (QED) is 0.488. The molecule has 1 aromatic rings. The summed E-state index contributed by atoms with van der Waals surface area (Å²) in [6.07, 6.45) is 1.71. The van der Waals surface area contributed by atoms with Crippen LogP contribution < -0.4 is 0 Å². The van der Waals surface area contributed by atoms with E-state index in [-0.39, 0.29) is 0 Å². The van der Waals surface area contributed by atoms with Crippen LogP contribution in [0.2, 0.25) is 0 Å². The van der Waals surface area contributed by atoms with Crippen molar-refractivity contribution in [3.63, 3.8) is 0 Å². The first-order valence-electron chi connectivity index (χ1n) is 1.52. The average molecular weight is 229 g/mol. The first-order valence-corrected chi connectivity index (χ1v) is 9.35. The molecule has 1 aromatic heterocycles. The Balaban J connectivity index is 0.000000162. The number of aromatic nitrogens is 1. The number of nitrogens with zero attached hydrogens (tertiary/aromatic N) is 1. The molecule has 0 aliphatic carbocycles. The monoisotopic (exact) mass is 227 g/mol. The van der Waals surface area contributed by atoms with E-state index >= 15 is 0 Å². The molecule has 0 bridgehead atoms. The molecule has 1 rings (SSSR count). The molecule has 0 aromatic carbocycles. The Hall–Kier alpha value is 0.733. The first-order chi connectivity index (χ1) is 3.50. The summed E-state index contributed by atoms with van der Waals surface area (Å²) in [4.78, 5) is 3.62. The SMILES string of the molecule is [Zn+][Br].[c-]1nccs1. The molecule has 0 saturated heterocycles. The van der Waals surface area contributed by atoms with Gasteiger partial charge in [0.15, 0.2) is 0 Å². The molecular weight excluding hydrogens is 227 g/mol. The van der Waals surface area contributed by atoms with E-state index in [4.69, 9.17) is 0 Å². The van der Waals surface area contributed by atoms with E-state index in [0.29, 0.717) is 0 Å². The van der Waals surface area contributed by atoms with E-state index in [1.54, 1.807) is 6.20 Å². The molecule has 0 amide bonds. The van der Waals surface area contributed by atoms with Crippen LogP contribution >= 0.6 is 25.0 Å². The maximum atomic E-state index is 3.62. The van der Waals surface area contributed by atoms with Gasteiger partial charge in [0.1, 0.15) is 0 Å². The Bertz CT molecular complexity index is 71.4. The molecule has 0 spiro atoms. The standard InChI is InChI=1S/C3H2NS.BrH.Zn/c1-2-5-3-4-1;;/h1-2H;1H;/q-1;;+2/p-1. The minimum Gasteiger partial charge on any atom is -0.394 e. The van der Waals surface area contributed by atoms with Gasteiger partial charge >= 0.3 is 30.0 Å². The maximum Gasteiger partial charge on any atom is -0.0221 e. The van der Waals surface area contributed by atoms with Gasteiger partial charge in [-0.25, -0.2) is 0 Å². The third kappa shape index (κ3) is 4.59. The first kappa shape index (κ1) is 7.73. The molecule has 0 N–H and O–H groups in total. The van der Waals surface area contributed by atoms with Crippen molar-refractivity contribution < 1.29 is 16.3 Å². The summed E-state index contributed by atoms with van der Waals surface area (Å²) in [6, 6.07) is 0. The van der Waals surface area contributed by atoms with Gasteiger partial charge in [-0.05, 0) is 5.51 Å². The summed E-state index contributed by atoms with van der Waals surface area (Å²) in [5.41, 5.74) is 2.65. The third-order valence-corrected chi connectivity index (χ3v) is 0.777. The van der Waals surface area contributed by atoms with Crippen LogP contribution in [0.5, 0.6) is 0 Å². The Kier molecular flexibility index (Phi) is 7.44. The van der Waals surface area contributed by atoms with Gasteiger partial charge in [0.25, 0.3) is 0 Å². The predicted octanol–water partition coefficient (Wildman–Crippen LogP) is 1.79. The van der Waals surface area contributed by atoms with Crippen molar-refractivity contribution in [2.24, 2.45) is 0 Å². The van der Waals surface area contributed by atoms with E-state index in [2.05, 4.69) is 24.1 Å². The van der Waals surface area contributed by atoms with Crippen LogP contribution in [0.25, 0.3) is 0 Å². The van der Waals surface area contributed by atoms with Crippen molar-refractivity contribution in [2.45, 2.75) is 0 Å². The molecule has 0 saturated carbocycles. The zero-order valence-corrected chi connectivity index (χ0v) is 8.96. The van der Waals surface area contributed by atoms with Crippen LogP contribution in [0.15, 0.2) is 11.6 Å². The molecule has 7 heavy (non-hydrogen) atoms. The predicted molar refractivity (Wildman–Crippen MR) is 29.9 cm³/mol. The molecule has 0 aliphatic heterocycles. The van der Waals surface area contributed by atoms with Gasteiger partial charge in [-0.15, -0.1) is 11.6 Å². The minimum absolute atomic E-state index is 1.19. The Labute approximate surface area is 63.2 Å². The molecule has 1 nitrogen and oxygen atoms in total. The van der Waals surface area contributed by atoms with E-state index in [0.717, 1.165) is 0 Å². The fourth-order valence-electron chi connectivity index (χ4n) is 0.152. The van der Waals surface area contributed by atoms with Crippen LogP contribution in [0, 0.1) is 5.51 Å². The van der Waals surface area contributed by atoms with Gasteiger partial charge in [-0.3, -0.25) is 11.3 Å². The Morgan fingerprint density at radius 3 is 2.57 bits per heavy atom. The normalized spacial score (nSPS) is 6.71. The molecule has 0 fully saturated rings. The molecule has 34 valence electrons. The number of hydrogen-bond donors (Lipinski definition) is 0. The second-order valence-electron chi connectivity index (χ2n) is 0.623. The molecule has 0 aliphatic rings. The maximum absolute atomic E-state index is 3.62. The Morgan fingerprint density at radius 1 is 1.71 bits per heavy atom. The fraction of sp³-hybridized carbons (Fsp3) is 0. The topological polar surface area (TPSA) is 12.9 Å². The zero-order chi connectivity index (χ0) is 5.54. The van der Waals surface area contributed by atoms with Gasteiger partial charge in [-0.1, -0.05) is 0 Å². The van der Waals surface area contributed by atoms with Crippen molar-refractivity contribution in [3.8, 4) is 0 Å². The smallest absolute Gasteiger partial charge is 0.0221 e. The van der Waals surface area contributed by atoms with Crippen LogP contribution in [0.3, 0.4) is 0 Å². The van der Waals surface area contributed by atoms with Gasteiger partial charge < -0.3 is 4.98 Å². The number of halogens is 1. The van der Waals surface area contributed by atoms with Crippen molar-refractivity contribution in [1.82, 2.24) is 4.98 Å². The van der Waals surface area contributed by atoms with Crippen molar-refractivity contribution in [1.29, 1.82) is 0 Å². The number of rotatable bonds is 0. The Morgan fingerprint density at radius 2 is 2.43 bits per heavy atom. The van der Waals surface area contributed by atoms with Crippen molar-refractivity contribution in [2.75, 3.05) is 0 Å². The fourth-order valence-corrected chi connectivity index (χ4v) is 0.456. The summed E-state index contributed by atoms with van der Waals surface area (Å²) in [5.74, 6) is 0. The summed E-state index contributed by atoms with van der Waals surface area (Å²) in [7, 11) is 0. The van der Waals surface area contributed by atoms with Gasteiger partial charge in [0.2, 0.25) is 0 Å². The zero-order valence-electron chi connectivity index (χ0n) is 3.60. The molecular formula is C3H2BrNSZn. The molecule has 0 radical (unpaired) electrons. The summed E-state index contributed by atoms with van der Waals surface area (Å²) in [5, 5.41) is 1.88. The average Bonchev–Trinajstić information content (AvgIpc) is 2.23.